The second kappa shape index (κ2) is 5.27. The monoisotopic (exact) mass is 348 g/mol. The number of benzene rings is 2. The lowest BCUT2D eigenvalue weighted by molar-refractivity contribution is 0.0968. The molecule has 0 spiro atoms. The summed E-state index contributed by atoms with van der Waals surface area (Å²) in [5, 5.41) is 0.846. The maximum Gasteiger partial charge on any atom is 0.274 e. The van der Waals surface area contributed by atoms with Crippen molar-refractivity contribution in [2.75, 3.05) is 11.4 Å². The molecule has 1 aliphatic carbocycles. The molecule has 4 nitrogen and oxygen atoms in total. The fourth-order valence-electron chi connectivity index (χ4n) is 4.37. The summed E-state index contributed by atoms with van der Waals surface area (Å²) in [4.78, 5) is 30.2. The molecule has 0 saturated carbocycles. The number of aryl methyl sites for hydroxylation is 1. The van der Waals surface area contributed by atoms with Crippen LogP contribution >= 0.6 is 0 Å². The van der Waals surface area contributed by atoms with Crippen molar-refractivity contribution < 1.29 is 14.0 Å². The Hall–Kier alpha value is -2.95. The average molecular weight is 348 g/mol. The molecule has 0 saturated heterocycles. The van der Waals surface area contributed by atoms with E-state index in [1.54, 1.807) is 11.0 Å². The summed E-state index contributed by atoms with van der Waals surface area (Å²) in [6, 6.07) is 10.3. The van der Waals surface area contributed by atoms with Gasteiger partial charge in [-0.2, -0.15) is 0 Å². The van der Waals surface area contributed by atoms with Crippen LogP contribution in [0.15, 0.2) is 36.4 Å². The smallest absolute Gasteiger partial charge is 0.274 e. The minimum Gasteiger partial charge on any atom is -0.350 e. The molecule has 1 aromatic heterocycles. The Morgan fingerprint density at radius 3 is 2.96 bits per heavy atom. The van der Waals surface area contributed by atoms with Crippen LogP contribution in [0.5, 0.6) is 0 Å². The van der Waals surface area contributed by atoms with Crippen molar-refractivity contribution in [3.8, 4) is 0 Å². The molecule has 0 fully saturated rings. The van der Waals surface area contributed by atoms with E-state index in [4.69, 9.17) is 0 Å². The van der Waals surface area contributed by atoms with E-state index in [0.717, 1.165) is 34.2 Å². The number of ketones is 1. The molecule has 2 heterocycles. The predicted octanol–water partition coefficient (Wildman–Crippen LogP) is 4.34. The molecule has 5 heteroatoms. The van der Waals surface area contributed by atoms with Crippen molar-refractivity contribution >= 4 is 28.3 Å². The van der Waals surface area contributed by atoms with Crippen molar-refractivity contribution in [3.63, 3.8) is 0 Å². The quantitative estimate of drug-likeness (QED) is 0.711. The first-order valence-electron chi connectivity index (χ1n) is 8.80. The van der Waals surface area contributed by atoms with E-state index >= 15 is 0 Å². The maximum absolute atomic E-state index is 13.6. The molecule has 1 amide bonds. The number of hydrogen-bond donors (Lipinski definition) is 1. The molecule has 1 unspecified atom stereocenters. The van der Waals surface area contributed by atoms with Gasteiger partial charge >= 0.3 is 0 Å². The number of fused-ring (bicyclic) bond motifs is 1. The van der Waals surface area contributed by atoms with Crippen LogP contribution in [0.2, 0.25) is 0 Å². The van der Waals surface area contributed by atoms with Gasteiger partial charge in [0.2, 0.25) is 0 Å². The third-order valence-electron chi connectivity index (χ3n) is 5.59. The van der Waals surface area contributed by atoms with Gasteiger partial charge in [0.1, 0.15) is 11.5 Å². The first-order valence-corrected chi connectivity index (χ1v) is 8.80. The minimum absolute atomic E-state index is 0.142. The maximum atomic E-state index is 13.6. The molecular formula is C21H17FN2O2. The number of hydrogen-bond acceptors (Lipinski definition) is 2. The Bertz CT molecular complexity index is 1100. The third-order valence-corrected chi connectivity index (χ3v) is 5.59. The Morgan fingerprint density at radius 2 is 2.12 bits per heavy atom. The van der Waals surface area contributed by atoms with Crippen molar-refractivity contribution in [1.82, 2.24) is 4.98 Å². The third kappa shape index (κ3) is 2.06. The molecule has 1 aliphatic heterocycles. The predicted molar refractivity (Wildman–Crippen MR) is 97.4 cm³/mol. The number of nitrogens with one attached hydrogen (secondary N) is 1. The molecule has 1 N–H and O–H groups in total. The van der Waals surface area contributed by atoms with Gasteiger partial charge in [0, 0.05) is 41.0 Å². The number of carbonyl (C=O) groups is 2. The molecule has 2 aliphatic rings. The van der Waals surface area contributed by atoms with Crippen molar-refractivity contribution in [1.29, 1.82) is 0 Å². The molecule has 2 aromatic carbocycles. The summed E-state index contributed by atoms with van der Waals surface area (Å²) in [6.07, 6.45) is 1.32. The lowest BCUT2D eigenvalue weighted by Crippen LogP contribution is -2.30. The Morgan fingerprint density at radius 1 is 1.27 bits per heavy atom. The highest BCUT2D eigenvalue weighted by Crippen LogP contribution is 2.44. The number of aromatic amines is 1. The van der Waals surface area contributed by atoms with E-state index in [-0.39, 0.29) is 23.4 Å². The first-order chi connectivity index (χ1) is 12.5. The van der Waals surface area contributed by atoms with Gasteiger partial charge in [0.15, 0.2) is 5.78 Å². The van der Waals surface area contributed by atoms with E-state index in [1.807, 2.05) is 25.1 Å². The largest absolute Gasteiger partial charge is 0.350 e. The molecule has 0 bridgehead atoms. The van der Waals surface area contributed by atoms with E-state index < -0.39 is 0 Å². The topological polar surface area (TPSA) is 53.2 Å². The number of aromatic nitrogens is 1. The van der Waals surface area contributed by atoms with Crippen LogP contribution in [-0.2, 0) is 0 Å². The number of carbonyl (C=O) groups excluding carboxylic acids is 2. The van der Waals surface area contributed by atoms with Crippen molar-refractivity contribution in [3.05, 3.63) is 64.6 Å². The summed E-state index contributed by atoms with van der Waals surface area (Å²) in [5.74, 6) is -0.0942. The van der Waals surface area contributed by atoms with Gasteiger partial charge in [-0.05, 0) is 48.7 Å². The van der Waals surface area contributed by atoms with Gasteiger partial charge in [-0.3, -0.25) is 9.59 Å². The first kappa shape index (κ1) is 15.3. The van der Waals surface area contributed by atoms with Gasteiger partial charge in [-0.25, -0.2) is 4.39 Å². The van der Waals surface area contributed by atoms with Crippen LogP contribution in [0.25, 0.3) is 10.9 Å². The van der Waals surface area contributed by atoms with Gasteiger partial charge in [-0.1, -0.05) is 12.1 Å². The summed E-state index contributed by atoms with van der Waals surface area (Å²) in [6.45, 7) is 2.41. The van der Waals surface area contributed by atoms with Gasteiger partial charge in [0.25, 0.3) is 5.91 Å². The zero-order valence-electron chi connectivity index (χ0n) is 14.3. The number of H-pyrrole nitrogens is 1. The molecule has 5 rings (SSSR count). The highest BCUT2D eigenvalue weighted by atomic mass is 19.1. The summed E-state index contributed by atoms with van der Waals surface area (Å²) in [7, 11) is 0. The SMILES string of the molecule is Cc1cc(F)cc2[nH]c(C(=O)N3CC4CCC(=O)c5cccc3c54)cc12. The van der Waals surface area contributed by atoms with Crippen LogP contribution in [0.3, 0.4) is 0 Å². The zero-order chi connectivity index (χ0) is 18.0. The van der Waals surface area contributed by atoms with E-state index in [0.29, 0.717) is 24.2 Å². The number of halogens is 1. The van der Waals surface area contributed by atoms with Gasteiger partial charge in [-0.15, -0.1) is 0 Å². The number of amides is 1. The van der Waals surface area contributed by atoms with Crippen molar-refractivity contribution in [2.24, 2.45) is 0 Å². The molecule has 130 valence electrons. The molecule has 26 heavy (non-hydrogen) atoms. The van der Waals surface area contributed by atoms with Crippen LogP contribution in [0, 0.1) is 12.7 Å². The molecular weight excluding hydrogens is 331 g/mol. The molecule has 3 aromatic rings. The second-order valence-electron chi connectivity index (χ2n) is 7.18. The fourth-order valence-corrected chi connectivity index (χ4v) is 4.37. The van der Waals surface area contributed by atoms with Gasteiger partial charge < -0.3 is 9.88 Å². The number of rotatable bonds is 1. The lowest BCUT2D eigenvalue weighted by Gasteiger charge is -2.18. The lowest BCUT2D eigenvalue weighted by atomic mass is 9.83. The average Bonchev–Trinajstić information content (AvgIpc) is 3.20. The van der Waals surface area contributed by atoms with Crippen LogP contribution in [0.1, 0.15) is 50.7 Å². The summed E-state index contributed by atoms with van der Waals surface area (Å²) in [5.41, 5.74) is 4.44. The Balaban J connectivity index is 1.59. The van der Waals surface area contributed by atoms with Gasteiger partial charge in [0.05, 0.1) is 0 Å². The standard InChI is InChI=1S/C21H17FN2O2/c1-11-7-13(22)8-16-15(11)9-17(23-16)21(26)24-10-12-5-6-19(25)14-3-2-4-18(24)20(12)14/h2-4,7-9,12,23H,5-6,10H2,1H3. The van der Waals surface area contributed by atoms with Crippen LogP contribution in [-0.4, -0.2) is 23.2 Å². The summed E-state index contributed by atoms with van der Waals surface area (Å²) < 4.78 is 13.6. The van der Waals surface area contributed by atoms with Crippen LogP contribution < -0.4 is 4.90 Å². The number of Topliss-reactive ketones (excluding diaryl/α,β-unsaturated/α-hetero) is 1. The molecule has 0 radical (unpaired) electrons. The van der Waals surface area contributed by atoms with Crippen LogP contribution in [0.4, 0.5) is 10.1 Å². The minimum atomic E-state index is -0.323. The van der Waals surface area contributed by atoms with E-state index in [9.17, 15) is 14.0 Å². The Labute approximate surface area is 149 Å². The number of anilines is 1. The molecule has 1 atom stereocenters. The van der Waals surface area contributed by atoms with Crippen molar-refractivity contribution in [2.45, 2.75) is 25.7 Å². The normalized spacial score (nSPS) is 18.5. The zero-order valence-corrected chi connectivity index (χ0v) is 14.3. The highest BCUT2D eigenvalue weighted by molar-refractivity contribution is 6.11. The second-order valence-corrected chi connectivity index (χ2v) is 7.18. The fraction of sp³-hybridized carbons (Fsp3) is 0.238. The van der Waals surface area contributed by atoms with E-state index in [2.05, 4.69) is 4.98 Å². The Kier molecular flexibility index (Phi) is 3.11. The number of nitrogens with zero attached hydrogens (tertiary/aromatic N) is 1. The summed E-state index contributed by atoms with van der Waals surface area (Å²) >= 11 is 0. The highest BCUT2D eigenvalue weighted by Gasteiger charge is 2.38. The van der Waals surface area contributed by atoms with E-state index in [1.165, 1.54) is 12.1 Å².